The predicted molar refractivity (Wildman–Crippen MR) is 97.0 cm³/mol. The van der Waals surface area contributed by atoms with Crippen LogP contribution in [0.15, 0.2) is 58.5 Å². The van der Waals surface area contributed by atoms with E-state index in [1.807, 2.05) is 0 Å². The van der Waals surface area contributed by atoms with Gasteiger partial charge in [-0.25, -0.2) is 17.6 Å². The fourth-order valence-electron chi connectivity index (χ4n) is 2.35. The average molecular weight is 583 g/mol. The molecule has 0 heterocycles. The number of hydrogen-bond acceptors (Lipinski definition) is 4. The Morgan fingerprint density at radius 2 is 1.03 bits per heavy atom. The topological polar surface area (TPSA) is 65.2 Å². The van der Waals surface area contributed by atoms with E-state index in [4.69, 9.17) is 0 Å². The Bertz CT molecular complexity index is 971. The van der Waals surface area contributed by atoms with Gasteiger partial charge in [-0.2, -0.15) is 0 Å². The molecule has 3 aromatic rings. The number of rotatable bonds is 4. The van der Waals surface area contributed by atoms with Crippen molar-refractivity contribution in [2.75, 3.05) is 0 Å². The van der Waals surface area contributed by atoms with Crippen molar-refractivity contribution < 1.29 is 48.8 Å². The standard InChI is InChI=1S/C20H12F4N2O2.Pt/c21-11-5-15(23)13(19(27)7-11)9-25-17-3-1-2-4-18(17)26-10-14-16(24)6-12(22)8-20(14)28;/h1-10,27-28H;. The molecule has 0 unspecified atom stereocenters. The van der Waals surface area contributed by atoms with Gasteiger partial charge in [-0.1, -0.05) is 12.1 Å². The SMILES string of the molecule is Oc1cc(F)cc(F)c1C=Nc1ccccc1N=Cc1c(O)cc(F)cc1F.[Pt]. The molecular weight excluding hydrogens is 571 g/mol. The number of phenols is 2. The molecule has 0 bridgehead atoms. The van der Waals surface area contributed by atoms with Gasteiger partial charge in [0.2, 0.25) is 0 Å². The maximum atomic E-state index is 13.8. The third-order valence-electron chi connectivity index (χ3n) is 3.69. The first kappa shape index (κ1) is 22.3. The summed E-state index contributed by atoms with van der Waals surface area (Å²) in [5.74, 6) is -5.11. The second-order valence-corrected chi connectivity index (χ2v) is 5.65. The molecule has 0 radical (unpaired) electrons. The Kier molecular flexibility index (Phi) is 7.28. The molecule has 0 amide bonds. The Morgan fingerprint density at radius 3 is 1.38 bits per heavy atom. The van der Waals surface area contributed by atoms with E-state index in [1.54, 1.807) is 12.1 Å². The number of aromatic hydroxyl groups is 2. The van der Waals surface area contributed by atoms with Gasteiger partial charge in [-0.05, 0) is 12.1 Å². The van der Waals surface area contributed by atoms with Gasteiger partial charge >= 0.3 is 0 Å². The van der Waals surface area contributed by atoms with Crippen molar-refractivity contribution in [2.24, 2.45) is 9.98 Å². The molecule has 0 aliphatic carbocycles. The fraction of sp³-hybridized carbons (Fsp3) is 0. The largest absolute Gasteiger partial charge is 0.507 e. The Balaban J connectivity index is 0.00000300. The molecule has 3 rings (SSSR count). The summed E-state index contributed by atoms with van der Waals surface area (Å²) in [6.07, 6.45) is 1.99. The molecule has 0 fully saturated rings. The van der Waals surface area contributed by atoms with Gasteiger partial charge < -0.3 is 10.2 Å². The summed E-state index contributed by atoms with van der Waals surface area (Å²) in [5.41, 5.74) is -0.183. The minimum atomic E-state index is -1.000. The number of hydrogen-bond donors (Lipinski definition) is 2. The van der Waals surface area contributed by atoms with Crippen LogP contribution >= 0.6 is 0 Å². The molecule has 0 saturated carbocycles. The zero-order chi connectivity index (χ0) is 20.3. The molecule has 152 valence electrons. The second-order valence-electron chi connectivity index (χ2n) is 5.65. The van der Waals surface area contributed by atoms with Gasteiger partial charge in [0, 0.05) is 57.8 Å². The van der Waals surface area contributed by atoms with Crippen LogP contribution in [0.1, 0.15) is 11.1 Å². The van der Waals surface area contributed by atoms with E-state index in [0.717, 1.165) is 24.6 Å². The van der Waals surface area contributed by atoms with Crippen LogP contribution in [0.3, 0.4) is 0 Å². The van der Waals surface area contributed by atoms with E-state index in [9.17, 15) is 27.8 Å². The molecule has 29 heavy (non-hydrogen) atoms. The zero-order valence-electron chi connectivity index (χ0n) is 14.4. The molecule has 0 aliphatic rings. The van der Waals surface area contributed by atoms with Crippen LogP contribution in [0, 0.1) is 23.3 Å². The summed E-state index contributed by atoms with van der Waals surface area (Å²) in [4.78, 5) is 8.04. The zero-order valence-corrected chi connectivity index (χ0v) is 16.7. The van der Waals surface area contributed by atoms with Crippen LogP contribution in [0.25, 0.3) is 0 Å². The maximum absolute atomic E-state index is 13.8. The summed E-state index contributed by atoms with van der Waals surface area (Å²) in [6.45, 7) is 0. The first-order valence-electron chi connectivity index (χ1n) is 7.88. The Hall–Kier alpha value is -2.99. The molecule has 3 aromatic carbocycles. The van der Waals surface area contributed by atoms with E-state index in [1.165, 1.54) is 12.1 Å². The van der Waals surface area contributed by atoms with E-state index >= 15 is 0 Å². The van der Waals surface area contributed by atoms with Gasteiger partial charge in [0.1, 0.15) is 34.8 Å². The molecule has 0 aliphatic heterocycles. The second kappa shape index (κ2) is 9.47. The van der Waals surface area contributed by atoms with Gasteiger partial charge in [0.15, 0.2) is 0 Å². The first-order valence-corrected chi connectivity index (χ1v) is 7.88. The summed E-state index contributed by atoms with van der Waals surface area (Å²) in [5, 5.41) is 19.3. The molecule has 0 aromatic heterocycles. The van der Waals surface area contributed by atoms with Gasteiger partial charge in [-0.3, -0.25) is 9.98 Å². The number of phenolic OH excluding ortho intramolecular Hbond substituents is 2. The van der Waals surface area contributed by atoms with Crippen LogP contribution < -0.4 is 0 Å². The number of nitrogens with zero attached hydrogens (tertiary/aromatic N) is 2. The van der Waals surface area contributed by atoms with Crippen LogP contribution in [-0.2, 0) is 21.1 Å². The monoisotopic (exact) mass is 583 g/mol. The van der Waals surface area contributed by atoms with Gasteiger partial charge in [0.05, 0.1) is 22.5 Å². The number of halogens is 4. The molecule has 4 nitrogen and oxygen atoms in total. The number of para-hydroxylation sites is 2. The minimum Gasteiger partial charge on any atom is -0.507 e. The number of benzene rings is 3. The molecule has 0 spiro atoms. The molecular formula is C20H12F4N2O2Pt. The Morgan fingerprint density at radius 1 is 0.655 bits per heavy atom. The van der Waals surface area contributed by atoms with Crippen molar-refractivity contribution in [3.8, 4) is 11.5 Å². The molecule has 0 atom stereocenters. The molecule has 0 saturated heterocycles. The van der Waals surface area contributed by atoms with Crippen LogP contribution in [0.5, 0.6) is 11.5 Å². The first-order chi connectivity index (χ1) is 13.3. The average Bonchev–Trinajstić information content (AvgIpc) is 2.61. The summed E-state index contributed by atoms with van der Waals surface area (Å²) in [7, 11) is 0. The van der Waals surface area contributed by atoms with Crippen molar-refractivity contribution in [3.63, 3.8) is 0 Å². The van der Waals surface area contributed by atoms with Crippen LogP contribution in [-0.4, -0.2) is 22.6 Å². The third-order valence-corrected chi connectivity index (χ3v) is 3.69. The normalized spacial score (nSPS) is 11.2. The predicted octanol–water partition coefficient (Wildman–Crippen LogP) is 5.15. The molecule has 2 N–H and O–H groups in total. The number of aliphatic imine (C=N–C) groups is 2. The van der Waals surface area contributed by atoms with E-state index in [-0.39, 0.29) is 43.6 Å². The van der Waals surface area contributed by atoms with Gasteiger partial charge in [-0.15, -0.1) is 0 Å². The van der Waals surface area contributed by atoms with E-state index < -0.39 is 34.8 Å². The van der Waals surface area contributed by atoms with Gasteiger partial charge in [0.25, 0.3) is 0 Å². The van der Waals surface area contributed by atoms with E-state index in [0.29, 0.717) is 12.1 Å². The van der Waals surface area contributed by atoms with Crippen LogP contribution in [0.2, 0.25) is 0 Å². The quantitative estimate of drug-likeness (QED) is 0.330. The van der Waals surface area contributed by atoms with Crippen molar-refractivity contribution in [1.29, 1.82) is 0 Å². The van der Waals surface area contributed by atoms with Crippen molar-refractivity contribution in [3.05, 3.63) is 82.9 Å². The summed E-state index contributed by atoms with van der Waals surface area (Å²) in [6, 6.07) is 8.95. The summed E-state index contributed by atoms with van der Waals surface area (Å²) >= 11 is 0. The van der Waals surface area contributed by atoms with Crippen molar-refractivity contribution >= 4 is 23.8 Å². The van der Waals surface area contributed by atoms with E-state index in [2.05, 4.69) is 9.98 Å². The smallest absolute Gasteiger partial charge is 0.138 e. The summed E-state index contributed by atoms with van der Waals surface area (Å²) < 4.78 is 53.7. The van der Waals surface area contributed by atoms with Crippen molar-refractivity contribution in [1.82, 2.24) is 0 Å². The maximum Gasteiger partial charge on any atom is 0.138 e. The minimum absolute atomic E-state index is 0. The van der Waals surface area contributed by atoms with Crippen LogP contribution in [0.4, 0.5) is 28.9 Å². The molecule has 9 heteroatoms. The fourth-order valence-corrected chi connectivity index (χ4v) is 2.35. The Labute approximate surface area is 177 Å². The third kappa shape index (κ3) is 5.29. The van der Waals surface area contributed by atoms with Crippen molar-refractivity contribution in [2.45, 2.75) is 0 Å².